The molecule has 0 atom stereocenters. The molecule has 7 heteroatoms. The van der Waals surface area contributed by atoms with Gasteiger partial charge < -0.3 is 14.5 Å². The van der Waals surface area contributed by atoms with Crippen molar-refractivity contribution < 1.29 is 18.7 Å². The van der Waals surface area contributed by atoms with Crippen LogP contribution < -0.4 is 4.90 Å². The summed E-state index contributed by atoms with van der Waals surface area (Å²) < 4.78 is 18.7. The number of methoxy groups -OCH3 is 1. The Labute approximate surface area is 153 Å². The summed E-state index contributed by atoms with van der Waals surface area (Å²) in [4.78, 5) is 30.1. The highest BCUT2D eigenvalue weighted by atomic mass is 19.1. The summed E-state index contributed by atoms with van der Waals surface area (Å²) in [5, 5.41) is 0. The molecule has 26 heavy (non-hydrogen) atoms. The fourth-order valence-electron chi connectivity index (χ4n) is 3.68. The van der Waals surface area contributed by atoms with E-state index in [0.29, 0.717) is 51.3 Å². The van der Waals surface area contributed by atoms with E-state index in [4.69, 9.17) is 4.74 Å². The lowest BCUT2D eigenvalue weighted by molar-refractivity contribution is -0.149. The van der Waals surface area contributed by atoms with Crippen molar-refractivity contribution in [2.24, 2.45) is 5.92 Å². The van der Waals surface area contributed by atoms with Gasteiger partial charge in [0.1, 0.15) is 5.82 Å². The highest BCUT2D eigenvalue weighted by Crippen LogP contribution is 2.21. The maximum Gasteiger partial charge on any atom is 0.308 e. The summed E-state index contributed by atoms with van der Waals surface area (Å²) in [7, 11) is 1.40. The number of hydrogen-bond acceptors (Lipinski definition) is 5. The summed E-state index contributed by atoms with van der Waals surface area (Å²) in [6.07, 6.45) is 1.33. The Hall–Kier alpha value is -2.15. The molecule has 0 bridgehead atoms. The lowest BCUT2D eigenvalue weighted by atomic mass is 9.97. The number of carbonyl (C=O) groups is 2. The predicted octanol–water partition coefficient (Wildman–Crippen LogP) is 1.36. The Bertz CT molecular complexity index is 639. The van der Waals surface area contributed by atoms with Gasteiger partial charge in [-0.3, -0.25) is 14.5 Å². The molecule has 1 aromatic carbocycles. The molecule has 6 nitrogen and oxygen atoms in total. The number of para-hydroxylation sites is 1. The standard InChI is InChI=1S/C19H26FN3O3/c1-26-19(25)15-6-8-23(9-7-15)18(24)14-21-10-12-22(13-11-21)17-5-3-2-4-16(17)20/h2-5,15H,6-14H2,1H3. The van der Waals surface area contributed by atoms with Crippen molar-refractivity contribution in [3.8, 4) is 0 Å². The molecular formula is C19H26FN3O3. The average molecular weight is 363 g/mol. The van der Waals surface area contributed by atoms with Gasteiger partial charge in [-0.05, 0) is 25.0 Å². The molecule has 0 saturated carbocycles. The highest BCUT2D eigenvalue weighted by molar-refractivity contribution is 5.79. The second-order valence-corrected chi connectivity index (χ2v) is 6.89. The molecule has 0 aliphatic carbocycles. The zero-order valence-electron chi connectivity index (χ0n) is 15.2. The summed E-state index contributed by atoms with van der Waals surface area (Å²) in [6.45, 7) is 4.48. The van der Waals surface area contributed by atoms with Crippen LogP contribution in [-0.2, 0) is 14.3 Å². The number of hydrogen-bond donors (Lipinski definition) is 0. The van der Waals surface area contributed by atoms with E-state index in [1.165, 1.54) is 13.2 Å². The van der Waals surface area contributed by atoms with Crippen LogP contribution in [0.25, 0.3) is 0 Å². The number of nitrogens with zero attached hydrogens (tertiary/aromatic N) is 3. The van der Waals surface area contributed by atoms with Crippen molar-refractivity contribution in [2.45, 2.75) is 12.8 Å². The van der Waals surface area contributed by atoms with Gasteiger partial charge in [0, 0.05) is 39.3 Å². The van der Waals surface area contributed by atoms with Crippen LogP contribution in [0.2, 0.25) is 0 Å². The molecule has 142 valence electrons. The Kier molecular flexibility index (Phi) is 6.08. The van der Waals surface area contributed by atoms with Crippen LogP contribution in [0, 0.1) is 11.7 Å². The zero-order chi connectivity index (χ0) is 18.5. The zero-order valence-corrected chi connectivity index (χ0v) is 15.2. The van der Waals surface area contributed by atoms with Gasteiger partial charge in [-0.2, -0.15) is 0 Å². The van der Waals surface area contributed by atoms with E-state index in [-0.39, 0.29) is 23.6 Å². The molecular weight excluding hydrogens is 337 g/mol. The molecule has 2 saturated heterocycles. The molecule has 1 amide bonds. The molecule has 0 radical (unpaired) electrons. The largest absolute Gasteiger partial charge is 0.469 e. The highest BCUT2D eigenvalue weighted by Gasteiger charge is 2.29. The second kappa shape index (κ2) is 8.49. The first-order valence-electron chi connectivity index (χ1n) is 9.16. The van der Waals surface area contributed by atoms with Crippen LogP contribution >= 0.6 is 0 Å². The summed E-state index contributed by atoms with van der Waals surface area (Å²) in [5.41, 5.74) is 0.628. The smallest absolute Gasteiger partial charge is 0.308 e. The minimum atomic E-state index is -0.203. The number of carbonyl (C=O) groups excluding carboxylic acids is 2. The Morgan fingerprint density at radius 1 is 1.08 bits per heavy atom. The molecule has 2 heterocycles. The van der Waals surface area contributed by atoms with Crippen LogP contribution in [0.3, 0.4) is 0 Å². The van der Waals surface area contributed by atoms with E-state index in [1.807, 2.05) is 15.9 Å². The Balaban J connectivity index is 1.44. The number of benzene rings is 1. The topological polar surface area (TPSA) is 53.1 Å². The van der Waals surface area contributed by atoms with E-state index >= 15 is 0 Å². The van der Waals surface area contributed by atoms with Crippen LogP contribution in [0.4, 0.5) is 10.1 Å². The van der Waals surface area contributed by atoms with Crippen molar-refractivity contribution in [2.75, 3.05) is 57.8 Å². The Morgan fingerprint density at radius 3 is 2.35 bits per heavy atom. The van der Waals surface area contributed by atoms with E-state index in [0.717, 1.165) is 13.1 Å². The number of amides is 1. The number of rotatable bonds is 4. The first-order chi connectivity index (χ1) is 12.6. The number of piperazine rings is 1. The number of halogens is 1. The van der Waals surface area contributed by atoms with E-state index < -0.39 is 0 Å². The fraction of sp³-hybridized carbons (Fsp3) is 0.579. The maximum absolute atomic E-state index is 13.9. The van der Waals surface area contributed by atoms with Gasteiger partial charge in [0.2, 0.25) is 5.91 Å². The van der Waals surface area contributed by atoms with Crippen molar-refractivity contribution in [3.63, 3.8) is 0 Å². The summed E-state index contributed by atoms with van der Waals surface area (Å²) >= 11 is 0. The maximum atomic E-state index is 13.9. The summed E-state index contributed by atoms with van der Waals surface area (Å²) in [6, 6.07) is 6.80. The number of likely N-dealkylation sites (tertiary alicyclic amines) is 1. The van der Waals surface area contributed by atoms with Gasteiger partial charge in [0.15, 0.2) is 0 Å². The number of esters is 1. The molecule has 0 unspecified atom stereocenters. The number of anilines is 1. The molecule has 0 aromatic heterocycles. The third kappa shape index (κ3) is 4.33. The van der Waals surface area contributed by atoms with Crippen molar-refractivity contribution in [3.05, 3.63) is 30.1 Å². The van der Waals surface area contributed by atoms with Gasteiger partial charge >= 0.3 is 5.97 Å². The van der Waals surface area contributed by atoms with Crippen molar-refractivity contribution in [1.29, 1.82) is 0 Å². The summed E-state index contributed by atoms with van der Waals surface area (Å²) in [5.74, 6) is -0.368. The quantitative estimate of drug-likeness (QED) is 0.756. The lowest BCUT2D eigenvalue weighted by Gasteiger charge is -2.37. The van der Waals surface area contributed by atoms with Crippen LogP contribution in [0.15, 0.2) is 24.3 Å². The first kappa shape index (κ1) is 18.6. The minimum absolute atomic E-state index is 0.0895. The molecule has 0 N–H and O–H groups in total. The normalized spacial score (nSPS) is 19.5. The van der Waals surface area contributed by atoms with Crippen LogP contribution in [0.5, 0.6) is 0 Å². The first-order valence-corrected chi connectivity index (χ1v) is 9.16. The van der Waals surface area contributed by atoms with Gasteiger partial charge in [0.05, 0.1) is 25.3 Å². The number of piperidine rings is 1. The van der Waals surface area contributed by atoms with Crippen LogP contribution in [0.1, 0.15) is 12.8 Å². The predicted molar refractivity (Wildman–Crippen MR) is 96.4 cm³/mol. The van der Waals surface area contributed by atoms with Gasteiger partial charge in [0.25, 0.3) is 0 Å². The average Bonchev–Trinajstić information content (AvgIpc) is 2.68. The van der Waals surface area contributed by atoms with Gasteiger partial charge in [-0.15, -0.1) is 0 Å². The molecule has 3 rings (SSSR count). The van der Waals surface area contributed by atoms with Crippen molar-refractivity contribution in [1.82, 2.24) is 9.80 Å². The number of ether oxygens (including phenoxy) is 1. The fourth-order valence-corrected chi connectivity index (χ4v) is 3.68. The SMILES string of the molecule is COC(=O)C1CCN(C(=O)CN2CCN(c3ccccc3F)CC2)CC1. The van der Waals surface area contributed by atoms with E-state index in [1.54, 1.807) is 12.1 Å². The third-order valence-electron chi connectivity index (χ3n) is 5.31. The van der Waals surface area contributed by atoms with Gasteiger partial charge in [-0.25, -0.2) is 4.39 Å². The molecule has 2 aliphatic rings. The third-order valence-corrected chi connectivity index (χ3v) is 5.31. The lowest BCUT2D eigenvalue weighted by Crippen LogP contribution is -2.51. The second-order valence-electron chi connectivity index (χ2n) is 6.89. The monoisotopic (exact) mass is 363 g/mol. The molecule has 2 fully saturated rings. The Morgan fingerprint density at radius 2 is 1.73 bits per heavy atom. The van der Waals surface area contributed by atoms with E-state index in [2.05, 4.69) is 4.90 Å². The van der Waals surface area contributed by atoms with Crippen molar-refractivity contribution >= 4 is 17.6 Å². The van der Waals surface area contributed by atoms with Crippen LogP contribution in [-0.4, -0.2) is 74.6 Å². The molecule has 2 aliphatic heterocycles. The van der Waals surface area contributed by atoms with Gasteiger partial charge in [-0.1, -0.05) is 12.1 Å². The van der Waals surface area contributed by atoms with E-state index in [9.17, 15) is 14.0 Å². The molecule has 0 spiro atoms. The minimum Gasteiger partial charge on any atom is -0.469 e. The molecule has 1 aromatic rings.